The van der Waals surface area contributed by atoms with Crippen molar-refractivity contribution in [1.29, 1.82) is 0 Å². The second-order valence-corrected chi connectivity index (χ2v) is 34.2. The van der Waals surface area contributed by atoms with Gasteiger partial charge in [-0.3, -0.25) is 26.9 Å². The number of hydrogen-bond acceptors (Lipinski definition) is 16. The number of aliphatic hydroxyl groups is 1. The number of fused-ring (bicyclic) bond motifs is 5. The number of nitrogens with zero attached hydrogens (tertiary/aromatic N) is 11. The van der Waals surface area contributed by atoms with E-state index in [-0.39, 0.29) is 12.0 Å². The van der Waals surface area contributed by atoms with Crippen LogP contribution in [0.3, 0.4) is 0 Å². The molecule has 1 atom stereocenters. The van der Waals surface area contributed by atoms with Gasteiger partial charge in [-0.15, -0.1) is 0 Å². The number of anilines is 5. The molecule has 0 amide bonds. The number of nitrogens with one attached hydrogen (secondary N) is 5. The summed E-state index contributed by atoms with van der Waals surface area (Å²) < 4.78 is 32.4. The summed E-state index contributed by atoms with van der Waals surface area (Å²) in [7, 11) is 4.92. The smallest absolute Gasteiger partial charge is 0.161 e. The Morgan fingerprint density at radius 3 is 1.56 bits per heavy atom. The van der Waals surface area contributed by atoms with Gasteiger partial charge in [0.25, 0.3) is 0 Å². The Morgan fingerprint density at radius 1 is 0.509 bits per heavy atom. The Balaban J connectivity index is 0.000000120. The van der Waals surface area contributed by atoms with Gasteiger partial charge in [0.05, 0.1) is 63.3 Å². The predicted octanol–water partition coefficient (Wildman–Crippen LogP) is 21.3. The second-order valence-electron chi connectivity index (χ2n) is 33.8. The summed E-state index contributed by atoms with van der Waals surface area (Å²) in [6.07, 6.45) is 42.5. The number of methoxy groups -OCH3 is 3. The summed E-state index contributed by atoms with van der Waals surface area (Å²) in [4.78, 5) is 26.7. The number of halogens is 1. The van der Waals surface area contributed by atoms with Crippen LogP contribution in [0.25, 0.3) is 50.8 Å². The number of aromatic nitrogens is 10. The van der Waals surface area contributed by atoms with E-state index in [1.165, 1.54) is 189 Å². The third-order valence-electron chi connectivity index (χ3n) is 23.7. The van der Waals surface area contributed by atoms with E-state index in [0.29, 0.717) is 47.5 Å². The highest BCUT2D eigenvalue weighted by molar-refractivity contribution is 6.30. The lowest BCUT2D eigenvalue weighted by Crippen LogP contribution is -2.39. The SMILES string of the molecule is CC(C)(C)Cc1nc2ccccn2c1NC1CCCCC1.CCCC(C)c1nc2ccccn2c1NC1CCCCC1.COc1ccc(-c2nc3ccccn3c2NC2CCCCC2)c(CO)c1.COc1ccc(-c2nc3ccccn3c2NCCN2CCOCC2)cc1OC.Clc1ccc2nc(C3CC3)c(NC3CCCCC3)n2c1. The highest BCUT2D eigenvalue weighted by Crippen LogP contribution is 2.45. The third kappa shape index (κ3) is 21.1. The van der Waals surface area contributed by atoms with Crippen LogP contribution in [0.2, 0.25) is 5.02 Å². The van der Waals surface area contributed by atoms with Crippen LogP contribution in [0, 0.1) is 5.41 Å². The molecule has 18 rings (SSSR count). The number of pyridine rings is 5. The molecular formula is C94H125ClN16O5. The van der Waals surface area contributed by atoms with E-state index < -0.39 is 0 Å². The van der Waals surface area contributed by atoms with Crippen molar-refractivity contribution in [1.82, 2.24) is 51.8 Å². The fourth-order valence-corrected chi connectivity index (χ4v) is 17.5. The summed E-state index contributed by atoms with van der Waals surface area (Å²) >= 11 is 6.16. The van der Waals surface area contributed by atoms with Gasteiger partial charge in [0.15, 0.2) is 11.5 Å². The molecule has 0 bridgehead atoms. The molecule has 618 valence electrons. The van der Waals surface area contributed by atoms with Crippen LogP contribution >= 0.6 is 11.6 Å². The van der Waals surface area contributed by atoms with Crippen molar-refractivity contribution < 1.29 is 24.1 Å². The second kappa shape index (κ2) is 40.1. The molecule has 2 aromatic carbocycles. The number of ether oxygens (including phenoxy) is 4. The Hall–Kier alpha value is -9.54. The van der Waals surface area contributed by atoms with Gasteiger partial charge in [-0.1, -0.05) is 154 Å². The van der Waals surface area contributed by atoms with E-state index in [2.05, 4.69) is 137 Å². The number of imidazole rings is 5. The molecule has 21 nitrogen and oxygen atoms in total. The molecule has 22 heteroatoms. The molecule has 116 heavy (non-hydrogen) atoms. The van der Waals surface area contributed by atoms with E-state index in [1.807, 2.05) is 104 Å². The minimum absolute atomic E-state index is 0.0523. The average molecular weight is 1590 g/mol. The molecule has 12 aromatic rings. The highest BCUT2D eigenvalue weighted by Gasteiger charge is 2.32. The Labute approximate surface area is 691 Å². The van der Waals surface area contributed by atoms with Gasteiger partial charge in [-0.2, -0.15) is 0 Å². The number of benzene rings is 2. The molecular weight excluding hydrogens is 1470 g/mol. The predicted molar refractivity (Wildman–Crippen MR) is 474 cm³/mol. The van der Waals surface area contributed by atoms with Crippen LogP contribution in [-0.2, 0) is 17.8 Å². The van der Waals surface area contributed by atoms with E-state index in [0.717, 1.165) is 125 Å². The molecule has 11 heterocycles. The Morgan fingerprint density at radius 2 is 1.02 bits per heavy atom. The lowest BCUT2D eigenvalue weighted by molar-refractivity contribution is 0.0398. The summed E-state index contributed by atoms with van der Waals surface area (Å²) in [5, 5.41) is 29.3. The molecule has 0 radical (unpaired) electrons. The first kappa shape index (κ1) is 83.0. The first-order chi connectivity index (χ1) is 56.7. The maximum atomic E-state index is 9.88. The quantitative estimate of drug-likeness (QED) is 0.0352. The van der Waals surface area contributed by atoms with Crippen molar-refractivity contribution in [2.45, 2.75) is 238 Å². The molecule has 10 aromatic heterocycles. The summed E-state index contributed by atoms with van der Waals surface area (Å²) in [6, 6.07) is 42.5. The van der Waals surface area contributed by atoms with Gasteiger partial charge in [-0.05, 0) is 185 Å². The van der Waals surface area contributed by atoms with Gasteiger partial charge >= 0.3 is 0 Å². The lowest BCUT2D eigenvalue weighted by Gasteiger charge is -2.26. The number of aliphatic hydroxyl groups excluding tert-OH is 1. The third-order valence-corrected chi connectivity index (χ3v) is 23.9. The van der Waals surface area contributed by atoms with Crippen LogP contribution in [-0.4, -0.2) is 142 Å². The molecule has 5 aliphatic carbocycles. The number of hydrogen-bond donors (Lipinski definition) is 6. The summed E-state index contributed by atoms with van der Waals surface area (Å²) in [6.45, 7) is 16.7. The normalized spacial score (nSPS) is 16.9. The maximum absolute atomic E-state index is 9.88. The summed E-state index contributed by atoms with van der Waals surface area (Å²) in [5.74, 6) is 8.93. The Bertz CT molecular complexity index is 5100. The zero-order valence-corrected chi connectivity index (χ0v) is 70.7. The minimum atomic E-state index is -0.0523. The van der Waals surface area contributed by atoms with Gasteiger partial charge in [0, 0.05) is 104 Å². The molecule has 1 aliphatic heterocycles. The maximum Gasteiger partial charge on any atom is 0.161 e. The first-order valence-electron chi connectivity index (χ1n) is 43.4. The standard InChI is InChI=1S/C21H26N4O3.C21H25N3O2.2C18H27N3.C16H20ClN3/c1-26-17-7-6-16(15-18(17)27-2)20-21(25-9-4-3-5-19(25)23-20)22-8-10-24-11-13-28-14-12-24;1-26-17-10-11-18(15(13-17)14-25)20-21(22-16-7-3-2-4-8-16)24-12-6-5-9-19(24)23-20;1-18(2,3)13-15-17(19-14-9-5-4-6-10-14)21-12-8-7-11-16(21)20-15;1-3-9-14(2)17-18(19-15-10-5-4-6-11-15)21-13-8-7-12-16(21)20-17;17-12-8-9-14-19-15(11-6-7-11)16(20(14)10-12)18-13-4-2-1-3-5-13/h3-7,9,15,22H,8,10-14H2,1-2H3;5-6,9-13,16,22,25H,2-4,7-8,14H2,1H3;7-8,11-12,14,19H,4-6,9-10,13H2,1-3H3;7-8,12-15,19H,3-6,9-11H2,1-2H3;8-11,13,18H,1-7H2. The molecule has 1 unspecified atom stereocenters. The summed E-state index contributed by atoms with van der Waals surface area (Å²) in [5.41, 5.74) is 13.4. The molecule has 6 fully saturated rings. The zero-order chi connectivity index (χ0) is 80.3. The van der Waals surface area contributed by atoms with Crippen molar-refractivity contribution in [2.24, 2.45) is 5.41 Å². The van der Waals surface area contributed by atoms with E-state index in [4.69, 9.17) is 55.5 Å². The van der Waals surface area contributed by atoms with Crippen molar-refractivity contribution >= 4 is 68.9 Å². The van der Waals surface area contributed by atoms with E-state index in [1.54, 1.807) is 21.3 Å². The van der Waals surface area contributed by atoms with Crippen LogP contribution < -0.4 is 40.8 Å². The van der Waals surface area contributed by atoms with Crippen molar-refractivity contribution in [3.63, 3.8) is 0 Å². The largest absolute Gasteiger partial charge is 0.497 e. The molecule has 6 aliphatic rings. The number of rotatable bonds is 23. The topological polar surface area (TPSA) is 207 Å². The van der Waals surface area contributed by atoms with Crippen LogP contribution in [0.1, 0.15) is 223 Å². The van der Waals surface area contributed by atoms with Gasteiger partial charge in [0.1, 0.15) is 74.5 Å². The molecule has 0 spiro atoms. The monoisotopic (exact) mass is 1590 g/mol. The molecule has 6 N–H and O–H groups in total. The Kier molecular flexibility index (Phi) is 28.7. The highest BCUT2D eigenvalue weighted by atomic mass is 35.5. The molecule has 5 saturated carbocycles. The van der Waals surface area contributed by atoms with Crippen molar-refractivity contribution in [3.8, 4) is 39.8 Å². The van der Waals surface area contributed by atoms with Crippen LogP contribution in [0.4, 0.5) is 29.1 Å². The fraction of sp³-hybridized carbons (Fsp3) is 0.500. The number of morpholine rings is 1. The first-order valence-corrected chi connectivity index (χ1v) is 43.8. The van der Waals surface area contributed by atoms with Gasteiger partial charge in [0.2, 0.25) is 0 Å². The zero-order valence-electron chi connectivity index (χ0n) is 69.9. The van der Waals surface area contributed by atoms with Crippen molar-refractivity contribution in [2.75, 3.05) is 87.3 Å². The minimum Gasteiger partial charge on any atom is -0.497 e. The van der Waals surface area contributed by atoms with Gasteiger partial charge in [-0.25, -0.2) is 24.9 Å². The fourth-order valence-electron chi connectivity index (χ4n) is 17.4. The molecule has 1 saturated heterocycles. The van der Waals surface area contributed by atoms with Crippen molar-refractivity contribution in [3.05, 3.63) is 180 Å². The van der Waals surface area contributed by atoms with E-state index >= 15 is 0 Å². The van der Waals surface area contributed by atoms with Gasteiger partial charge < -0.3 is 50.6 Å². The van der Waals surface area contributed by atoms with Crippen LogP contribution in [0.15, 0.2) is 152 Å². The average Bonchev–Trinajstić information content (AvgIpc) is 1.62. The van der Waals surface area contributed by atoms with Crippen LogP contribution in [0.5, 0.6) is 17.2 Å². The lowest BCUT2D eigenvalue weighted by atomic mass is 9.90. The van der Waals surface area contributed by atoms with E-state index in [9.17, 15) is 5.11 Å².